The third kappa shape index (κ3) is 4.97. The van der Waals surface area contributed by atoms with Crippen LogP contribution in [0, 0.1) is 0 Å². The number of morpholine rings is 1. The number of benzene rings is 1. The van der Waals surface area contributed by atoms with Crippen LogP contribution in [0.15, 0.2) is 30.3 Å². The van der Waals surface area contributed by atoms with Crippen LogP contribution >= 0.6 is 0 Å². The van der Waals surface area contributed by atoms with E-state index in [1.165, 1.54) is 0 Å². The Kier molecular flexibility index (Phi) is 6.79. The van der Waals surface area contributed by atoms with Crippen LogP contribution in [0.1, 0.15) is 19.3 Å². The van der Waals surface area contributed by atoms with Gasteiger partial charge < -0.3 is 19.4 Å². The maximum atomic E-state index is 13.1. The number of carbonyl (C=O) groups excluding carboxylic acids is 2. The van der Waals surface area contributed by atoms with Gasteiger partial charge in [0.25, 0.3) is 0 Å². The summed E-state index contributed by atoms with van der Waals surface area (Å²) in [6.45, 7) is 7.98. The number of para-hydroxylation sites is 1. The van der Waals surface area contributed by atoms with Crippen LogP contribution < -0.4 is 4.90 Å². The lowest BCUT2D eigenvalue weighted by Crippen LogP contribution is -2.58. The number of piperidine rings is 1. The quantitative estimate of drug-likeness (QED) is 0.740. The van der Waals surface area contributed by atoms with Crippen molar-refractivity contribution < 1.29 is 14.3 Å². The summed E-state index contributed by atoms with van der Waals surface area (Å²) in [6.07, 6.45) is 2.56. The third-order valence-electron chi connectivity index (χ3n) is 6.33. The van der Waals surface area contributed by atoms with Crippen molar-refractivity contribution in [1.29, 1.82) is 0 Å². The molecule has 0 bridgehead atoms. The van der Waals surface area contributed by atoms with Gasteiger partial charge in [0.05, 0.1) is 19.3 Å². The molecule has 3 saturated heterocycles. The summed E-state index contributed by atoms with van der Waals surface area (Å²) >= 11 is 0. The lowest BCUT2D eigenvalue weighted by molar-refractivity contribution is -0.135. The number of hydrogen-bond acceptors (Lipinski definition) is 5. The van der Waals surface area contributed by atoms with E-state index in [1.807, 2.05) is 40.1 Å². The number of anilines is 1. The summed E-state index contributed by atoms with van der Waals surface area (Å²) in [6, 6.07) is 9.99. The van der Waals surface area contributed by atoms with E-state index >= 15 is 0 Å². The van der Waals surface area contributed by atoms with Crippen LogP contribution in [0.3, 0.4) is 0 Å². The zero-order valence-corrected chi connectivity index (χ0v) is 17.2. The van der Waals surface area contributed by atoms with Gasteiger partial charge in [-0.1, -0.05) is 18.2 Å². The highest BCUT2D eigenvalue weighted by molar-refractivity contribution is 5.97. The molecule has 3 aliphatic heterocycles. The Labute approximate surface area is 173 Å². The fourth-order valence-electron chi connectivity index (χ4n) is 4.58. The van der Waals surface area contributed by atoms with Crippen LogP contribution in [0.4, 0.5) is 5.69 Å². The van der Waals surface area contributed by atoms with Gasteiger partial charge >= 0.3 is 0 Å². The zero-order valence-electron chi connectivity index (χ0n) is 17.2. The van der Waals surface area contributed by atoms with E-state index in [0.29, 0.717) is 32.7 Å². The SMILES string of the molecule is O=C(CCN1CCN(C2CCCN(c3ccccc3)C2=O)CC1)N1CCOCC1. The maximum Gasteiger partial charge on any atom is 0.244 e. The highest BCUT2D eigenvalue weighted by Crippen LogP contribution is 2.24. The number of carbonyl (C=O) groups is 2. The second kappa shape index (κ2) is 9.69. The minimum atomic E-state index is -0.0129. The van der Waals surface area contributed by atoms with E-state index in [9.17, 15) is 9.59 Å². The van der Waals surface area contributed by atoms with Crippen molar-refractivity contribution in [3.05, 3.63) is 30.3 Å². The molecule has 158 valence electrons. The Hall–Kier alpha value is -1.96. The van der Waals surface area contributed by atoms with E-state index in [4.69, 9.17) is 4.74 Å². The highest BCUT2D eigenvalue weighted by Gasteiger charge is 2.35. The molecule has 7 nitrogen and oxygen atoms in total. The lowest BCUT2D eigenvalue weighted by Gasteiger charge is -2.42. The Morgan fingerprint density at radius 2 is 1.69 bits per heavy atom. The van der Waals surface area contributed by atoms with Gasteiger partial charge in [0.15, 0.2) is 0 Å². The largest absolute Gasteiger partial charge is 0.378 e. The van der Waals surface area contributed by atoms with Crippen molar-refractivity contribution in [2.45, 2.75) is 25.3 Å². The standard InChI is InChI=1S/C22H32N4O3/c27-21(25-15-17-29-18-16-25)8-10-23-11-13-24(14-12-23)20-7-4-9-26(22(20)28)19-5-2-1-3-6-19/h1-3,5-6,20H,4,7-18H2. The maximum absolute atomic E-state index is 13.1. The van der Waals surface area contributed by atoms with E-state index < -0.39 is 0 Å². The number of nitrogens with zero attached hydrogens (tertiary/aromatic N) is 4. The molecule has 3 heterocycles. The fourth-order valence-corrected chi connectivity index (χ4v) is 4.58. The first-order chi connectivity index (χ1) is 14.2. The normalized spacial score (nSPS) is 24.7. The predicted octanol–water partition coefficient (Wildman–Crippen LogP) is 1.05. The summed E-state index contributed by atoms with van der Waals surface area (Å²) in [5, 5.41) is 0. The summed E-state index contributed by atoms with van der Waals surface area (Å²) in [5.41, 5.74) is 1.00. The zero-order chi connectivity index (χ0) is 20.1. The van der Waals surface area contributed by atoms with Crippen LogP contribution in [-0.4, -0.2) is 98.1 Å². The number of hydrogen-bond donors (Lipinski definition) is 0. The summed E-state index contributed by atoms with van der Waals surface area (Å²) in [5.74, 6) is 0.468. The first kappa shape index (κ1) is 20.3. The topological polar surface area (TPSA) is 56.3 Å². The molecule has 1 atom stereocenters. The molecule has 4 rings (SSSR count). The van der Waals surface area contributed by atoms with Crippen LogP contribution in [0.2, 0.25) is 0 Å². The van der Waals surface area contributed by atoms with Gasteiger partial charge in [-0.3, -0.25) is 14.5 Å². The molecule has 3 aliphatic rings. The Bertz CT molecular complexity index is 685. The van der Waals surface area contributed by atoms with Crippen molar-refractivity contribution >= 4 is 17.5 Å². The average Bonchev–Trinajstić information content (AvgIpc) is 2.79. The van der Waals surface area contributed by atoms with Gasteiger partial charge in [-0.05, 0) is 25.0 Å². The first-order valence-corrected chi connectivity index (χ1v) is 10.9. The predicted molar refractivity (Wildman–Crippen MR) is 112 cm³/mol. The molecule has 0 radical (unpaired) electrons. The van der Waals surface area contributed by atoms with Gasteiger partial charge in [0, 0.05) is 64.5 Å². The number of ether oxygens (including phenoxy) is 1. The van der Waals surface area contributed by atoms with E-state index in [0.717, 1.165) is 57.8 Å². The monoisotopic (exact) mass is 400 g/mol. The summed E-state index contributed by atoms with van der Waals surface area (Å²) in [7, 11) is 0. The van der Waals surface area contributed by atoms with Crippen molar-refractivity contribution in [3.63, 3.8) is 0 Å². The summed E-state index contributed by atoms with van der Waals surface area (Å²) in [4.78, 5) is 34.0. The molecule has 0 spiro atoms. The van der Waals surface area contributed by atoms with Gasteiger partial charge in [-0.25, -0.2) is 0 Å². The Morgan fingerprint density at radius 3 is 2.41 bits per heavy atom. The molecular weight excluding hydrogens is 368 g/mol. The molecule has 1 aromatic carbocycles. The smallest absolute Gasteiger partial charge is 0.244 e. The number of amides is 2. The molecule has 7 heteroatoms. The van der Waals surface area contributed by atoms with E-state index in [2.05, 4.69) is 9.80 Å². The van der Waals surface area contributed by atoms with Crippen LogP contribution in [-0.2, 0) is 14.3 Å². The van der Waals surface area contributed by atoms with Gasteiger partial charge in [0.2, 0.25) is 11.8 Å². The summed E-state index contributed by atoms with van der Waals surface area (Å²) < 4.78 is 5.32. The molecule has 29 heavy (non-hydrogen) atoms. The second-order valence-corrected chi connectivity index (χ2v) is 8.10. The van der Waals surface area contributed by atoms with Gasteiger partial charge in [-0.15, -0.1) is 0 Å². The molecule has 0 aliphatic carbocycles. The van der Waals surface area contributed by atoms with Crippen molar-refractivity contribution in [2.75, 3.05) is 70.5 Å². The number of rotatable bonds is 5. The van der Waals surface area contributed by atoms with E-state index in [1.54, 1.807) is 0 Å². The molecule has 0 aromatic heterocycles. The van der Waals surface area contributed by atoms with Crippen molar-refractivity contribution in [2.24, 2.45) is 0 Å². The first-order valence-electron chi connectivity index (χ1n) is 10.9. The molecule has 3 fully saturated rings. The Balaban J connectivity index is 1.24. The highest BCUT2D eigenvalue weighted by atomic mass is 16.5. The fraction of sp³-hybridized carbons (Fsp3) is 0.636. The second-order valence-electron chi connectivity index (χ2n) is 8.10. The van der Waals surface area contributed by atoms with Crippen molar-refractivity contribution in [1.82, 2.24) is 14.7 Å². The number of piperazine rings is 1. The van der Waals surface area contributed by atoms with Gasteiger partial charge in [0.1, 0.15) is 0 Å². The minimum absolute atomic E-state index is 0.0129. The molecule has 0 saturated carbocycles. The molecule has 1 unspecified atom stereocenters. The molecule has 1 aromatic rings. The minimum Gasteiger partial charge on any atom is -0.378 e. The van der Waals surface area contributed by atoms with E-state index in [-0.39, 0.29) is 17.9 Å². The molecular formula is C22H32N4O3. The average molecular weight is 401 g/mol. The molecule has 0 N–H and O–H groups in total. The third-order valence-corrected chi connectivity index (χ3v) is 6.33. The lowest BCUT2D eigenvalue weighted by atomic mass is 10.0. The Morgan fingerprint density at radius 1 is 0.966 bits per heavy atom. The van der Waals surface area contributed by atoms with Crippen LogP contribution in [0.5, 0.6) is 0 Å². The van der Waals surface area contributed by atoms with Crippen molar-refractivity contribution in [3.8, 4) is 0 Å². The molecule has 2 amide bonds. The van der Waals surface area contributed by atoms with Crippen LogP contribution in [0.25, 0.3) is 0 Å². The van der Waals surface area contributed by atoms with Gasteiger partial charge in [-0.2, -0.15) is 0 Å².